The summed E-state index contributed by atoms with van der Waals surface area (Å²) < 4.78 is 10.8. The number of carbonyl (C=O) groups is 2. The Bertz CT molecular complexity index is 915. The van der Waals surface area contributed by atoms with Gasteiger partial charge in [0.1, 0.15) is 23.3 Å². The van der Waals surface area contributed by atoms with Gasteiger partial charge in [-0.25, -0.2) is 0 Å². The van der Waals surface area contributed by atoms with E-state index in [1.807, 2.05) is 0 Å². The molecule has 2 aromatic rings. The van der Waals surface area contributed by atoms with Gasteiger partial charge in [0.05, 0.1) is 18.9 Å². The lowest BCUT2D eigenvalue weighted by Gasteiger charge is -2.25. The van der Waals surface area contributed by atoms with E-state index in [0.717, 1.165) is 19.6 Å². The highest BCUT2D eigenvalue weighted by molar-refractivity contribution is 6.46. The number of amides is 1. The van der Waals surface area contributed by atoms with Crippen molar-refractivity contribution in [3.8, 4) is 5.75 Å². The van der Waals surface area contributed by atoms with Crippen LogP contribution in [0.5, 0.6) is 5.75 Å². The van der Waals surface area contributed by atoms with Crippen molar-refractivity contribution in [2.45, 2.75) is 26.3 Å². The molecular formula is C23H28N2O5. The maximum absolute atomic E-state index is 12.9. The fraction of sp³-hybridized carbons (Fsp3) is 0.391. The number of benzene rings is 1. The second-order valence-electron chi connectivity index (χ2n) is 7.12. The second kappa shape index (κ2) is 9.63. The van der Waals surface area contributed by atoms with E-state index in [9.17, 15) is 14.7 Å². The number of nitrogens with zero attached hydrogens (tertiary/aromatic N) is 2. The van der Waals surface area contributed by atoms with Crippen molar-refractivity contribution >= 4 is 17.4 Å². The number of hydrogen-bond donors (Lipinski definition) is 1. The molecule has 1 fully saturated rings. The number of hydrogen-bond acceptors (Lipinski definition) is 6. The monoisotopic (exact) mass is 412 g/mol. The number of likely N-dealkylation sites (tertiary alicyclic amines) is 1. The van der Waals surface area contributed by atoms with Crippen molar-refractivity contribution in [3.05, 3.63) is 59.6 Å². The van der Waals surface area contributed by atoms with E-state index in [2.05, 4.69) is 18.7 Å². The summed E-state index contributed by atoms with van der Waals surface area (Å²) in [5.74, 6) is -0.580. The molecule has 7 heteroatoms. The molecule has 1 saturated heterocycles. The zero-order chi connectivity index (χ0) is 21.7. The number of aliphatic hydroxyl groups excluding tert-OH is 1. The van der Waals surface area contributed by atoms with Gasteiger partial charge >= 0.3 is 0 Å². The number of rotatable bonds is 9. The topological polar surface area (TPSA) is 83.2 Å². The van der Waals surface area contributed by atoms with Crippen LogP contribution in [0.15, 0.2) is 52.7 Å². The van der Waals surface area contributed by atoms with Crippen molar-refractivity contribution in [2.24, 2.45) is 0 Å². The van der Waals surface area contributed by atoms with Gasteiger partial charge in [0, 0.05) is 12.1 Å². The van der Waals surface area contributed by atoms with E-state index in [1.165, 1.54) is 18.3 Å². The number of Topliss-reactive ketones (excluding diaryl/α,β-unsaturated/α-hetero) is 1. The van der Waals surface area contributed by atoms with E-state index >= 15 is 0 Å². The van der Waals surface area contributed by atoms with Crippen LogP contribution >= 0.6 is 0 Å². The van der Waals surface area contributed by atoms with E-state index in [0.29, 0.717) is 30.0 Å². The number of furan rings is 1. The molecule has 0 spiro atoms. The molecule has 1 atom stereocenters. The lowest BCUT2D eigenvalue weighted by Crippen LogP contribution is -2.33. The van der Waals surface area contributed by atoms with Crippen LogP contribution in [0.1, 0.15) is 37.6 Å². The Morgan fingerprint density at radius 1 is 1.20 bits per heavy atom. The minimum atomic E-state index is -0.761. The van der Waals surface area contributed by atoms with E-state index in [-0.39, 0.29) is 11.3 Å². The number of ketones is 1. The van der Waals surface area contributed by atoms with E-state index in [1.54, 1.807) is 36.4 Å². The van der Waals surface area contributed by atoms with Crippen LogP contribution in [-0.2, 0) is 9.59 Å². The van der Waals surface area contributed by atoms with E-state index < -0.39 is 17.7 Å². The van der Waals surface area contributed by atoms with Gasteiger partial charge in [0.2, 0.25) is 0 Å². The van der Waals surface area contributed by atoms with Crippen molar-refractivity contribution in [1.82, 2.24) is 9.80 Å². The van der Waals surface area contributed by atoms with Gasteiger partial charge in [-0.05, 0) is 50.3 Å². The normalized spacial score (nSPS) is 18.4. The maximum atomic E-state index is 12.9. The molecule has 0 aliphatic carbocycles. The Kier molecular flexibility index (Phi) is 6.95. The first-order valence-electron chi connectivity index (χ1n) is 10.2. The highest BCUT2D eigenvalue weighted by atomic mass is 16.5. The summed E-state index contributed by atoms with van der Waals surface area (Å²) in [4.78, 5) is 29.5. The SMILES string of the molecule is CCN(CC)CCCN1C(=O)C(=O)/C(=C(\O)c2cccc(OC)c2)C1c1ccco1. The number of aliphatic hydroxyl groups is 1. The van der Waals surface area contributed by atoms with Crippen LogP contribution in [0.4, 0.5) is 0 Å². The largest absolute Gasteiger partial charge is 0.507 e. The number of ether oxygens (including phenoxy) is 1. The van der Waals surface area contributed by atoms with Gasteiger partial charge in [-0.1, -0.05) is 26.0 Å². The van der Waals surface area contributed by atoms with Crippen LogP contribution in [0.2, 0.25) is 0 Å². The molecule has 0 radical (unpaired) electrons. The first-order valence-corrected chi connectivity index (χ1v) is 10.2. The molecule has 1 N–H and O–H groups in total. The predicted molar refractivity (Wildman–Crippen MR) is 113 cm³/mol. The predicted octanol–water partition coefficient (Wildman–Crippen LogP) is 3.44. The molecule has 2 heterocycles. The summed E-state index contributed by atoms with van der Waals surface area (Å²) in [5, 5.41) is 11.0. The maximum Gasteiger partial charge on any atom is 0.295 e. The standard InChI is InChI=1S/C23H28N2O5/c1-4-24(5-2)12-8-13-25-20(18-11-7-14-30-18)19(22(27)23(25)28)21(26)16-9-6-10-17(15-16)29-3/h6-7,9-11,14-15,20,26H,4-5,8,12-13H2,1-3H3/b21-19-. The van der Waals surface area contributed by atoms with Crippen LogP contribution in [-0.4, -0.2) is 59.9 Å². The first-order chi connectivity index (χ1) is 14.5. The summed E-state index contributed by atoms with van der Waals surface area (Å²) in [6, 6.07) is 9.42. The highest BCUT2D eigenvalue weighted by Crippen LogP contribution is 2.39. The summed E-state index contributed by atoms with van der Waals surface area (Å²) in [6.45, 7) is 7.23. The first kappa shape index (κ1) is 21.6. The summed E-state index contributed by atoms with van der Waals surface area (Å²) in [5.41, 5.74) is 0.443. The van der Waals surface area contributed by atoms with Gasteiger partial charge in [0.15, 0.2) is 0 Å². The highest BCUT2D eigenvalue weighted by Gasteiger charge is 2.47. The molecule has 7 nitrogen and oxygen atoms in total. The Balaban J connectivity index is 1.97. The van der Waals surface area contributed by atoms with Gasteiger partial charge in [0.25, 0.3) is 11.7 Å². The van der Waals surface area contributed by atoms with Crippen LogP contribution in [0.3, 0.4) is 0 Å². The summed E-state index contributed by atoms with van der Waals surface area (Å²) in [7, 11) is 1.52. The number of methoxy groups -OCH3 is 1. The smallest absolute Gasteiger partial charge is 0.295 e. The third kappa shape index (κ3) is 4.26. The van der Waals surface area contributed by atoms with Crippen LogP contribution < -0.4 is 4.74 Å². The zero-order valence-electron chi connectivity index (χ0n) is 17.6. The number of carbonyl (C=O) groups excluding carboxylic acids is 2. The fourth-order valence-corrected chi connectivity index (χ4v) is 3.78. The molecule has 160 valence electrons. The molecule has 3 rings (SSSR count). The van der Waals surface area contributed by atoms with Crippen molar-refractivity contribution < 1.29 is 23.8 Å². The Hall–Kier alpha value is -3.06. The fourth-order valence-electron chi connectivity index (χ4n) is 3.78. The molecule has 30 heavy (non-hydrogen) atoms. The van der Waals surface area contributed by atoms with Gasteiger partial charge in [-0.3, -0.25) is 9.59 Å². The molecular weight excluding hydrogens is 384 g/mol. The lowest BCUT2D eigenvalue weighted by molar-refractivity contribution is -0.140. The van der Waals surface area contributed by atoms with E-state index in [4.69, 9.17) is 9.15 Å². The third-order valence-corrected chi connectivity index (χ3v) is 5.46. The molecule has 0 bridgehead atoms. The molecule has 1 aliphatic heterocycles. The van der Waals surface area contributed by atoms with Crippen molar-refractivity contribution in [3.63, 3.8) is 0 Å². The Morgan fingerprint density at radius 2 is 1.97 bits per heavy atom. The second-order valence-corrected chi connectivity index (χ2v) is 7.12. The Morgan fingerprint density at radius 3 is 2.60 bits per heavy atom. The summed E-state index contributed by atoms with van der Waals surface area (Å²) >= 11 is 0. The molecule has 0 saturated carbocycles. The molecule has 1 aromatic carbocycles. The quantitative estimate of drug-likeness (QED) is 0.386. The average molecular weight is 412 g/mol. The minimum absolute atomic E-state index is 0.0334. The third-order valence-electron chi connectivity index (χ3n) is 5.46. The van der Waals surface area contributed by atoms with Crippen LogP contribution in [0, 0.1) is 0 Å². The van der Waals surface area contributed by atoms with Crippen molar-refractivity contribution in [2.75, 3.05) is 33.3 Å². The average Bonchev–Trinajstić information content (AvgIpc) is 3.38. The molecule has 1 unspecified atom stereocenters. The zero-order valence-corrected chi connectivity index (χ0v) is 17.6. The molecule has 1 amide bonds. The minimum Gasteiger partial charge on any atom is -0.507 e. The molecule has 1 aliphatic rings. The van der Waals surface area contributed by atoms with Gasteiger partial charge in [-0.2, -0.15) is 0 Å². The van der Waals surface area contributed by atoms with Gasteiger partial charge in [-0.15, -0.1) is 0 Å². The van der Waals surface area contributed by atoms with Crippen molar-refractivity contribution in [1.29, 1.82) is 0 Å². The van der Waals surface area contributed by atoms with Gasteiger partial charge < -0.3 is 24.1 Å². The Labute approximate surface area is 176 Å². The lowest BCUT2D eigenvalue weighted by atomic mass is 9.99. The summed E-state index contributed by atoms with van der Waals surface area (Å²) in [6.07, 6.45) is 2.21. The molecule has 1 aromatic heterocycles. The van der Waals surface area contributed by atoms with Crippen LogP contribution in [0.25, 0.3) is 5.76 Å².